The van der Waals surface area contributed by atoms with Crippen LogP contribution >= 0.6 is 0 Å². The Hall–Kier alpha value is -3.41. The van der Waals surface area contributed by atoms with Crippen LogP contribution in [0.4, 0.5) is 0 Å². The standard InChI is InChI=1S/C28H31NO5/c1-3-32-26(30)18-24-25(28(31)34-27(24)29-21-14-12-19(2)13-15-21)17-20-8-7-11-23(16-20)33-22-9-5-4-6-10-22/h4-11,16,19,21H,3,12-15,17-18H2,1-2H3. The van der Waals surface area contributed by atoms with Crippen LogP contribution in [0.2, 0.25) is 0 Å². The number of carbonyl (C=O) groups excluding carboxylic acids is 2. The molecule has 0 amide bonds. The van der Waals surface area contributed by atoms with E-state index in [2.05, 4.69) is 6.92 Å². The summed E-state index contributed by atoms with van der Waals surface area (Å²) < 4.78 is 16.7. The average molecular weight is 462 g/mol. The fourth-order valence-corrected chi connectivity index (χ4v) is 4.37. The molecule has 1 saturated carbocycles. The molecule has 1 fully saturated rings. The number of benzene rings is 2. The molecule has 0 bridgehead atoms. The van der Waals surface area contributed by atoms with Crippen molar-refractivity contribution >= 4 is 17.8 Å². The van der Waals surface area contributed by atoms with Gasteiger partial charge in [0.15, 0.2) is 0 Å². The lowest BCUT2D eigenvalue weighted by Crippen LogP contribution is -2.19. The molecule has 2 aromatic carbocycles. The summed E-state index contributed by atoms with van der Waals surface area (Å²) in [4.78, 5) is 30.0. The summed E-state index contributed by atoms with van der Waals surface area (Å²) in [5, 5.41) is 0. The van der Waals surface area contributed by atoms with Crippen LogP contribution in [0.5, 0.6) is 11.5 Å². The number of para-hydroxylation sites is 1. The van der Waals surface area contributed by atoms with Crippen LogP contribution in [0.1, 0.15) is 51.5 Å². The van der Waals surface area contributed by atoms with Crippen LogP contribution < -0.4 is 4.74 Å². The first-order valence-corrected chi connectivity index (χ1v) is 12.0. The van der Waals surface area contributed by atoms with Crippen molar-refractivity contribution in [3.05, 3.63) is 71.3 Å². The monoisotopic (exact) mass is 461 g/mol. The second-order valence-electron chi connectivity index (χ2n) is 8.92. The first-order chi connectivity index (χ1) is 16.5. The van der Waals surface area contributed by atoms with Crippen molar-refractivity contribution in [1.82, 2.24) is 0 Å². The van der Waals surface area contributed by atoms with Gasteiger partial charge in [0.2, 0.25) is 5.90 Å². The Kier molecular flexibility index (Phi) is 7.78. The fourth-order valence-electron chi connectivity index (χ4n) is 4.37. The quantitative estimate of drug-likeness (QED) is 0.464. The molecular formula is C28H31NO5. The van der Waals surface area contributed by atoms with Gasteiger partial charge < -0.3 is 14.2 Å². The van der Waals surface area contributed by atoms with Crippen molar-refractivity contribution in [2.75, 3.05) is 6.61 Å². The molecule has 2 aromatic rings. The molecule has 0 atom stereocenters. The molecule has 0 radical (unpaired) electrons. The fraction of sp³-hybridized carbons (Fsp3) is 0.393. The average Bonchev–Trinajstić information content (AvgIpc) is 3.10. The molecule has 0 spiro atoms. The van der Waals surface area contributed by atoms with Gasteiger partial charge in [-0.25, -0.2) is 9.79 Å². The van der Waals surface area contributed by atoms with E-state index in [1.807, 2.05) is 54.6 Å². The zero-order chi connectivity index (χ0) is 23.9. The van der Waals surface area contributed by atoms with Crippen LogP contribution in [0.25, 0.3) is 0 Å². The molecule has 34 heavy (non-hydrogen) atoms. The third-order valence-corrected chi connectivity index (χ3v) is 6.23. The third kappa shape index (κ3) is 6.13. The van der Waals surface area contributed by atoms with E-state index in [0.717, 1.165) is 37.0 Å². The molecule has 2 aliphatic rings. The third-order valence-electron chi connectivity index (χ3n) is 6.23. The minimum atomic E-state index is -0.448. The second-order valence-corrected chi connectivity index (χ2v) is 8.92. The van der Waals surface area contributed by atoms with Crippen LogP contribution in [0, 0.1) is 5.92 Å². The summed E-state index contributed by atoms with van der Waals surface area (Å²) in [6.45, 7) is 4.29. The van der Waals surface area contributed by atoms with Crippen LogP contribution in [-0.2, 0) is 25.5 Å². The molecule has 4 rings (SSSR count). The predicted molar refractivity (Wildman–Crippen MR) is 130 cm³/mol. The van der Waals surface area contributed by atoms with Crippen LogP contribution in [0.3, 0.4) is 0 Å². The maximum Gasteiger partial charge on any atom is 0.341 e. The molecule has 6 heteroatoms. The van der Waals surface area contributed by atoms with Crippen molar-refractivity contribution in [3.8, 4) is 11.5 Å². The van der Waals surface area contributed by atoms with E-state index in [0.29, 0.717) is 29.2 Å². The van der Waals surface area contributed by atoms with Gasteiger partial charge in [-0.3, -0.25) is 4.79 Å². The number of hydrogen-bond acceptors (Lipinski definition) is 6. The number of carbonyl (C=O) groups is 2. The summed E-state index contributed by atoms with van der Waals surface area (Å²) in [5.74, 6) is 1.55. The molecule has 1 aliphatic heterocycles. The Labute approximate surface area is 200 Å². The number of nitrogens with zero attached hydrogens (tertiary/aromatic N) is 1. The van der Waals surface area contributed by atoms with E-state index in [-0.39, 0.29) is 30.9 Å². The topological polar surface area (TPSA) is 74.2 Å². The minimum absolute atomic E-state index is 0.0307. The summed E-state index contributed by atoms with van der Waals surface area (Å²) in [6, 6.07) is 17.2. The largest absolute Gasteiger partial charge is 0.466 e. The van der Waals surface area contributed by atoms with E-state index < -0.39 is 5.97 Å². The molecule has 178 valence electrons. The lowest BCUT2D eigenvalue weighted by atomic mass is 9.87. The van der Waals surface area contributed by atoms with E-state index in [1.165, 1.54) is 0 Å². The number of cyclic esters (lactones) is 1. The molecule has 0 N–H and O–H groups in total. The van der Waals surface area contributed by atoms with E-state index >= 15 is 0 Å². The zero-order valence-electron chi connectivity index (χ0n) is 19.8. The van der Waals surface area contributed by atoms with E-state index in [9.17, 15) is 9.59 Å². The van der Waals surface area contributed by atoms with Crippen LogP contribution in [-0.4, -0.2) is 30.5 Å². The van der Waals surface area contributed by atoms with E-state index in [1.54, 1.807) is 6.92 Å². The first-order valence-electron chi connectivity index (χ1n) is 12.0. The summed E-state index contributed by atoms with van der Waals surface area (Å²) >= 11 is 0. The Morgan fingerprint density at radius 3 is 2.47 bits per heavy atom. The minimum Gasteiger partial charge on any atom is -0.466 e. The Balaban J connectivity index is 1.59. The number of rotatable bonds is 8. The zero-order valence-corrected chi connectivity index (χ0v) is 19.8. The molecule has 6 nitrogen and oxygen atoms in total. The SMILES string of the molecule is CCOC(=O)CC1=C(Cc2cccc(Oc3ccccc3)c2)C(=O)OC1=NC1CCC(C)CC1. The van der Waals surface area contributed by atoms with Gasteiger partial charge in [0.1, 0.15) is 11.5 Å². The Morgan fingerprint density at radius 1 is 1.00 bits per heavy atom. The number of hydrogen-bond donors (Lipinski definition) is 0. The highest BCUT2D eigenvalue weighted by Gasteiger charge is 2.34. The predicted octanol–water partition coefficient (Wildman–Crippen LogP) is 5.81. The molecule has 1 heterocycles. The molecule has 0 aromatic heterocycles. The smallest absolute Gasteiger partial charge is 0.341 e. The molecule has 1 aliphatic carbocycles. The lowest BCUT2D eigenvalue weighted by Gasteiger charge is -2.23. The van der Waals surface area contributed by atoms with Crippen molar-refractivity contribution < 1.29 is 23.8 Å². The van der Waals surface area contributed by atoms with Gasteiger partial charge in [0.25, 0.3) is 0 Å². The van der Waals surface area contributed by atoms with Crippen molar-refractivity contribution in [1.29, 1.82) is 0 Å². The summed E-state index contributed by atoms with van der Waals surface area (Å²) in [7, 11) is 0. The Morgan fingerprint density at radius 2 is 1.74 bits per heavy atom. The van der Waals surface area contributed by atoms with E-state index in [4.69, 9.17) is 19.2 Å². The maximum atomic E-state index is 12.9. The molecule has 0 unspecified atom stereocenters. The summed E-state index contributed by atoms with van der Waals surface area (Å²) in [6.07, 6.45) is 4.42. The summed E-state index contributed by atoms with van der Waals surface area (Å²) in [5.41, 5.74) is 1.87. The first kappa shape index (κ1) is 23.7. The van der Waals surface area contributed by atoms with Gasteiger partial charge in [-0.15, -0.1) is 0 Å². The number of aliphatic imine (C=N–C) groups is 1. The van der Waals surface area contributed by atoms with Crippen LogP contribution in [0.15, 0.2) is 70.7 Å². The van der Waals surface area contributed by atoms with Crippen molar-refractivity contribution in [2.24, 2.45) is 10.9 Å². The second kappa shape index (κ2) is 11.1. The van der Waals surface area contributed by atoms with Gasteiger partial charge in [0, 0.05) is 12.0 Å². The molecular weight excluding hydrogens is 430 g/mol. The van der Waals surface area contributed by atoms with Crippen molar-refractivity contribution in [2.45, 2.75) is 58.4 Å². The highest BCUT2D eigenvalue weighted by Crippen LogP contribution is 2.31. The maximum absolute atomic E-state index is 12.9. The van der Waals surface area contributed by atoms with Gasteiger partial charge in [-0.2, -0.15) is 0 Å². The van der Waals surface area contributed by atoms with Gasteiger partial charge in [0.05, 0.1) is 24.6 Å². The number of ether oxygens (including phenoxy) is 3. The highest BCUT2D eigenvalue weighted by atomic mass is 16.6. The number of esters is 2. The van der Waals surface area contributed by atoms with Gasteiger partial charge in [-0.1, -0.05) is 37.3 Å². The Bertz CT molecular complexity index is 1080. The van der Waals surface area contributed by atoms with Gasteiger partial charge in [-0.05, 0) is 68.4 Å². The normalized spacial score (nSPS) is 21.5. The van der Waals surface area contributed by atoms with Gasteiger partial charge >= 0.3 is 11.9 Å². The highest BCUT2D eigenvalue weighted by molar-refractivity contribution is 6.16. The van der Waals surface area contributed by atoms with Crippen molar-refractivity contribution in [3.63, 3.8) is 0 Å². The lowest BCUT2D eigenvalue weighted by molar-refractivity contribution is -0.142. The molecule has 0 saturated heterocycles.